The lowest BCUT2D eigenvalue weighted by atomic mass is 9.96. The fourth-order valence-corrected chi connectivity index (χ4v) is 8.98. The van der Waals surface area contributed by atoms with Crippen molar-refractivity contribution in [2.75, 3.05) is 0 Å². The van der Waals surface area contributed by atoms with Gasteiger partial charge in [0.25, 0.3) is 0 Å². The van der Waals surface area contributed by atoms with Crippen molar-refractivity contribution in [3.05, 3.63) is 158 Å². The van der Waals surface area contributed by atoms with Gasteiger partial charge in [0.15, 0.2) is 17.5 Å². The summed E-state index contributed by atoms with van der Waals surface area (Å²) >= 11 is 3.55. The van der Waals surface area contributed by atoms with Crippen molar-refractivity contribution in [2.24, 2.45) is 0 Å². The summed E-state index contributed by atoms with van der Waals surface area (Å²) in [5, 5.41) is 5.96. The molecule has 0 amide bonds. The van der Waals surface area contributed by atoms with Crippen LogP contribution in [0.2, 0.25) is 0 Å². The van der Waals surface area contributed by atoms with Gasteiger partial charge >= 0.3 is 0 Å². The topological polar surface area (TPSA) is 51.6 Å². The Morgan fingerprint density at radius 1 is 0.340 bits per heavy atom. The number of hydrogen-bond donors (Lipinski definition) is 0. The predicted molar refractivity (Wildman–Crippen MR) is 211 cm³/mol. The molecule has 0 radical (unpaired) electrons. The molecule has 3 heterocycles. The van der Waals surface area contributed by atoms with E-state index in [0.717, 1.165) is 43.9 Å². The molecule has 10 aromatic rings. The standard InChI is InChI=1S/C44H26N4S2/c1-3-11-27(12-4-1)41-46-42(48-43(47-41)31-21-22-35-34-17-7-8-20-38(34)49-39(35)26-31)30-16-9-15-29(25-30)32-18-10-19-36-33(32)23-24-37-40(36)50-44(45-37)28-13-5-2-6-14-28/h1-26H. The van der Waals surface area contributed by atoms with Crippen LogP contribution in [0.15, 0.2) is 158 Å². The maximum absolute atomic E-state index is 5.11. The summed E-state index contributed by atoms with van der Waals surface area (Å²) in [6.07, 6.45) is 0. The van der Waals surface area contributed by atoms with Gasteiger partial charge in [0.1, 0.15) is 5.01 Å². The smallest absolute Gasteiger partial charge is 0.164 e. The number of nitrogens with zero attached hydrogens (tertiary/aromatic N) is 4. The molecule has 0 aliphatic rings. The predicted octanol–water partition coefficient (Wildman–Crippen LogP) is 12.3. The average Bonchev–Trinajstić information content (AvgIpc) is 3.80. The van der Waals surface area contributed by atoms with Crippen molar-refractivity contribution in [3.8, 4) is 55.9 Å². The highest BCUT2D eigenvalue weighted by molar-refractivity contribution is 7.25. The molecule has 10 rings (SSSR count). The van der Waals surface area contributed by atoms with E-state index in [0.29, 0.717) is 17.5 Å². The molecule has 0 fully saturated rings. The number of thiophene rings is 1. The molecule has 4 nitrogen and oxygen atoms in total. The molecule has 234 valence electrons. The number of fused-ring (bicyclic) bond motifs is 6. The Kier molecular flexibility index (Phi) is 6.82. The molecule has 0 saturated carbocycles. The van der Waals surface area contributed by atoms with E-state index in [1.807, 2.05) is 36.4 Å². The molecule has 0 aliphatic heterocycles. The van der Waals surface area contributed by atoms with Crippen LogP contribution in [0.1, 0.15) is 0 Å². The first-order valence-electron chi connectivity index (χ1n) is 16.5. The van der Waals surface area contributed by atoms with Gasteiger partial charge < -0.3 is 0 Å². The second-order valence-corrected chi connectivity index (χ2v) is 14.3. The second kappa shape index (κ2) is 11.8. The summed E-state index contributed by atoms with van der Waals surface area (Å²) in [5.74, 6) is 1.95. The third kappa shape index (κ3) is 4.96. The number of rotatable bonds is 5. The van der Waals surface area contributed by atoms with E-state index in [9.17, 15) is 0 Å². The van der Waals surface area contributed by atoms with Crippen LogP contribution in [0.3, 0.4) is 0 Å². The quantitative estimate of drug-likeness (QED) is 0.182. The highest BCUT2D eigenvalue weighted by Crippen LogP contribution is 2.40. The Hall–Kier alpha value is -6.08. The minimum absolute atomic E-state index is 0.643. The molecule has 50 heavy (non-hydrogen) atoms. The first-order chi connectivity index (χ1) is 24.7. The number of benzene rings is 7. The zero-order valence-electron chi connectivity index (χ0n) is 26.6. The summed E-state index contributed by atoms with van der Waals surface area (Å²) < 4.78 is 3.69. The third-order valence-electron chi connectivity index (χ3n) is 9.17. The molecule has 0 N–H and O–H groups in total. The number of hydrogen-bond acceptors (Lipinski definition) is 6. The zero-order valence-corrected chi connectivity index (χ0v) is 28.2. The molecule has 7 aromatic carbocycles. The van der Waals surface area contributed by atoms with Crippen LogP contribution >= 0.6 is 22.7 Å². The minimum atomic E-state index is 0.643. The van der Waals surface area contributed by atoms with E-state index < -0.39 is 0 Å². The Morgan fingerprint density at radius 3 is 1.76 bits per heavy atom. The lowest BCUT2D eigenvalue weighted by Gasteiger charge is -2.11. The summed E-state index contributed by atoms with van der Waals surface area (Å²) in [7, 11) is 0. The van der Waals surface area contributed by atoms with Crippen LogP contribution in [-0.2, 0) is 0 Å². The van der Waals surface area contributed by atoms with Gasteiger partial charge in [-0.3, -0.25) is 0 Å². The van der Waals surface area contributed by atoms with Crippen LogP contribution in [-0.4, -0.2) is 19.9 Å². The Bertz CT molecular complexity index is 2880. The molecule has 0 aliphatic carbocycles. The molecule has 0 unspecified atom stereocenters. The van der Waals surface area contributed by atoms with Crippen LogP contribution < -0.4 is 0 Å². The third-order valence-corrected chi connectivity index (χ3v) is 11.5. The summed E-state index contributed by atoms with van der Waals surface area (Å²) in [4.78, 5) is 20.1. The van der Waals surface area contributed by atoms with Crippen LogP contribution in [0.5, 0.6) is 0 Å². The van der Waals surface area contributed by atoms with Gasteiger partial charge in [-0.05, 0) is 40.8 Å². The van der Waals surface area contributed by atoms with Crippen molar-refractivity contribution in [1.29, 1.82) is 0 Å². The summed E-state index contributed by atoms with van der Waals surface area (Å²) in [6.45, 7) is 0. The molecule has 0 saturated heterocycles. The van der Waals surface area contributed by atoms with Crippen molar-refractivity contribution in [2.45, 2.75) is 0 Å². The van der Waals surface area contributed by atoms with Crippen molar-refractivity contribution in [3.63, 3.8) is 0 Å². The Balaban J connectivity index is 1.10. The highest BCUT2D eigenvalue weighted by atomic mass is 32.1. The molecule has 6 heteroatoms. The van der Waals surface area contributed by atoms with E-state index in [2.05, 4.69) is 121 Å². The average molecular weight is 675 g/mol. The van der Waals surface area contributed by atoms with Crippen molar-refractivity contribution >= 4 is 63.8 Å². The van der Waals surface area contributed by atoms with Crippen LogP contribution in [0.25, 0.3) is 97.0 Å². The van der Waals surface area contributed by atoms with E-state index >= 15 is 0 Å². The lowest BCUT2D eigenvalue weighted by molar-refractivity contribution is 1.07. The van der Waals surface area contributed by atoms with Crippen molar-refractivity contribution in [1.82, 2.24) is 19.9 Å². The molecule has 0 atom stereocenters. The van der Waals surface area contributed by atoms with Gasteiger partial charge in [0.2, 0.25) is 0 Å². The fraction of sp³-hybridized carbons (Fsp3) is 0. The molecule has 0 bridgehead atoms. The second-order valence-electron chi connectivity index (χ2n) is 12.3. The largest absolute Gasteiger partial charge is 0.236 e. The normalized spacial score (nSPS) is 11.6. The van der Waals surface area contributed by atoms with E-state index in [1.54, 1.807) is 22.7 Å². The highest BCUT2D eigenvalue weighted by Gasteiger charge is 2.16. The SMILES string of the molecule is c1ccc(-c2nc(-c3cccc(-c4cccc5c4ccc4nc(-c6ccccc6)sc45)c3)nc(-c3ccc4c(c3)sc3ccccc34)n2)cc1. The Labute approximate surface area is 296 Å². The van der Waals surface area contributed by atoms with Gasteiger partial charge in [-0.25, -0.2) is 19.9 Å². The van der Waals surface area contributed by atoms with E-state index in [-0.39, 0.29) is 0 Å². The van der Waals surface area contributed by atoms with Crippen LogP contribution in [0, 0.1) is 0 Å². The maximum Gasteiger partial charge on any atom is 0.164 e. The lowest BCUT2D eigenvalue weighted by Crippen LogP contribution is -2.00. The zero-order chi connectivity index (χ0) is 33.0. The maximum atomic E-state index is 5.11. The molecule has 3 aromatic heterocycles. The van der Waals surface area contributed by atoms with E-state index in [4.69, 9.17) is 19.9 Å². The number of thiazole rings is 1. The first-order valence-corrected chi connectivity index (χ1v) is 18.1. The van der Waals surface area contributed by atoms with Crippen molar-refractivity contribution < 1.29 is 0 Å². The molecular formula is C44H26N4S2. The summed E-state index contributed by atoms with van der Waals surface area (Å²) in [6, 6.07) is 55.1. The monoisotopic (exact) mass is 674 g/mol. The first kappa shape index (κ1) is 28.9. The number of aromatic nitrogens is 4. The fourth-order valence-electron chi connectivity index (χ4n) is 6.74. The van der Waals surface area contributed by atoms with Gasteiger partial charge in [0, 0.05) is 47.8 Å². The van der Waals surface area contributed by atoms with Gasteiger partial charge in [0.05, 0.1) is 10.2 Å². The molecule has 0 spiro atoms. The Morgan fingerprint density at radius 2 is 0.940 bits per heavy atom. The minimum Gasteiger partial charge on any atom is -0.236 e. The van der Waals surface area contributed by atoms with Gasteiger partial charge in [-0.1, -0.05) is 133 Å². The summed E-state index contributed by atoms with van der Waals surface area (Å²) in [5.41, 5.74) is 7.29. The van der Waals surface area contributed by atoms with Gasteiger partial charge in [-0.15, -0.1) is 22.7 Å². The molecular weight excluding hydrogens is 649 g/mol. The van der Waals surface area contributed by atoms with Gasteiger partial charge in [-0.2, -0.15) is 0 Å². The van der Waals surface area contributed by atoms with Crippen LogP contribution in [0.4, 0.5) is 0 Å². The van der Waals surface area contributed by atoms with E-state index in [1.165, 1.54) is 35.6 Å².